The molecule has 9 nitrogen and oxygen atoms in total. The SMILES string of the molecule is CCN(C(=O)C(F)(F)F)c1cc2oc3c4ccc(F)cc4[nH]c(=O)c3c2cc1-c1cccc(C(=O)NC(C(=O)OC)C(F)(F)F)c1. The van der Waals surface area contributed by atoms with Crippen molar-refractivity contribution in [2.24, 2.45) is 0 Å². The number of H-pyrrole nitrogens is 1. The minimum atomic E-state index is -5.32. The Balaban J connectivity index is 1.75. The van der Waals surface area contributed by atoms with Crippen LogP contribution in [0, 0.1) is 5.82 Å². The predicted octanol–water partition coefficient (Wildman–Crippen LogP) is 5.98. The van der Waals surface area contributed by atoms with Crippen LogP contribution in [0.5, 0.6) is 0 Å². The highest BCUT2D eigenvalue weighted by molar-refractivity contribution is 6.16. The lowest BCUT2D eigenvalue weighted by molar-refractivity contribution is -0.180. The number of halogens is 7. The zero-order valence-corrected chi connectivity index (χ0v) is 23.5. The molecule has 1 unspecified atom stereocenters. The molecule has 2 aromatic heterocycles. The van der Waals surface area contributed by atoms with Crippen LogP contribution in [-0.4, -0.2) is 54.8 Å². The van der Waals surface area contributed by atoms with Gasteiger partial charge in [-0.25, -0.2) is 9.18 Å². The van der Waals surface area contributed by atoms with Gasteiger partial charge in [0, 0.05) is 34.5 Å². The quantitative estimate of drug-likeness (QED) is 0.172. The third-order valence-electron chi connectivity index (χ3n) is 7.08. The minimum absolute atomic E-state index is 0.0313. The van der Waals surface area contributed by atoms with Crippen LogP contribution in [0.3, 0.4) is 0 Å². The van der Waals surface area contributed by atoms with Crippen molar-refractivity contribution in [2.45, 2.75) is 25.3 Å². The van der Waals surface area contributed by atoms with Gasteiger partial charge in [0.1, 0.15) is 17.0 Å². The number of benzene rings is 3. The van der Waals surface area contributed by atoms with Gasteiger partial charge in [-0.2, -0.15) is 26.3 Å². The van der Waals surface area contributed by atoms with Gasteiger partial charge in [0.05, 0.1) is 23.7 Å². The number of pyridine rings is 1. The highest BCUT2D eigenvalue weighted by Gasteiger charge is 2.47. The molecule has 240 valence electrons. The van der Waals surface area contributed by atoms with E-state index < -0.39 is 59.7 Å². The second-order valence-corrected chi connectivity index (χ2v) is 9.91. The molecule has 16 heteroatoms. The van der Waals surface area contributed by atoms with Gasteiger partial charge in [-0.1, -0.05) is 12.1 Å². The molecular formula is C30H20F7N3O6. The molecule has 5 aromatic rings. The highest BCUT2D eigenvalue weighted by atomic mass is 19.4. The third kappa shape index (κ3) is 5.73. The summed E-state index contributed by atoms with van der Waals surface area (Å²) in [5, 5.41) is 1.79. The van der Waals surface area contributed by atoms with Crippen molar-refractivity contribution < 1.29 is 54.3 Å². The number of nitrogens with one attached hydrogen (secondary N) is 2. The maximum Gasteiger partial charge on any atom is 0.471 e. The topological polar surface area (TPSA) is 122 Å². The summed E-state index contributed by atoms with van der Waals surface area (Å²) in [5.74, 6) is -6.09. The number of methoxy groups -OCH3 is 1. The predicted molar refractivity (Wildman–Crippen MR) is 151 cm³/mol. The monoisotopic (exact) mass is 651 g/mol. The Morgan fingerprint density at radius 3 is 2.35 bits per heavy atom. The number of fused-ring (bicyclic) bond motifs is 5. The summed E-state index contributed by atoms with van der Waals surface area (Å²) in [4.78, 5) is 53.0. The van der Waals surface area contributed by atoms with E-state index >= 15 is 0 Å². The molecule has 0 aliphatic carbocycles. The summed E-state index contributed by atoms with van der Waals surface area (Å²) in [6.45, 7) is 0.753. The number of amides is 2. The standard InChI is InChI=1S/C30H20F7N3O6/c1-3-40(28(44)30(35,36)37)20-12-21-18(22-23(46-21)16-8-7-15(31)10-19(16)38-26(22)42)11-17(20)13-5-4-6-14(9-13)25(41)39-24(27(43)45-2)29(32,33)34/h4-12,24H,3H2,1-2H3,(H,38,42)(H,39,41). The molecule has 0 fully saturated rings. The van der Waals surface area contributed by atoms with E-state index in [9.17, 15) is 49.9 Å². The lowest BCUT2D eigenvalue weighted by Gasteiger charge is -2.25. The fourth-order valence-electron chi connectivity index (χ4n) is 5.02. The van der Waals surface area contributed by atoms with E-state index in [0.717, 1.165) is 30.3 Å². The van der Waals surface area contributed by atoms with Gasteiger partial charge in [0.25, 0.3) is 11.5 Å². The Morgan fingerprint density at radius 2 is 1.72 bits per heavy atom. The number of carbonyl (C=O) groups is 3. The van der Waals surface area contributed by atoms with E-state index in [4.69, 9.17) is 4.42 Å². The van der Waals surface area contributed by atoms with Gasteiger partial charge < -0.3 is 24.4 Å². The first-order valence-electron chi connectivity index (χ1n) is 13.2. The number of aromatic nitrogens is 1. The van der Waals surface area contributed by atoms with E-state index in [1.54, 1.807) is 0 Å². The van der Waals surface area contributed by atoms with Gasteiger partial charge in [-0.15, -0.1) is 0 Å². The number of hydrogen-bond acceptors (Lipinski definition) is 6. The van der Waals surface area contributed by atoms with Crippen molar-refractivity contribution in [3.8, 4) is 11.1 Å². The van der Waals surface area contributed by atoms with Crippen LogP contribution < -0.4 is 15.8 Å². The summed E-state index contributed by atoms with van der Waals surface area (Å²) < 4.78 is 105. The molecule has 3 aromatic carbocycles. The number of rotatable bonds is 6. The zero-order valence-electron chi connectivity index (χ0n) is 23.5. The van der Waals surface area contributed by atoms with Crippen LogP contribution in [0.1, 0.15) is 17.3 Å². The van der Waals surface area contributed by atoms with Crippen molar-refractivity contribution in [1.29, 1.82) is 0 Å². The first kappa shape index (κ1) is 32.0. The lowest BCUT2D eigenvalue weighted by atomic mass is 9.97. The summed E-state index contributed by atoms with van der Waals surface area (Å²) in [5.41, 5.74) is -1.81. The lowest BCUT2D eigenvalue weighted by Crippen LogP contribution is -2.51. The Hall–Kier alpha value is -5.41. The molecule has 0 spiro atoms. The Labute approximate surface area is 252 Å². The molecule has 0 radical (unpaired) electrons. The number of aromatic amines is 1. The van der Waals surface area contributed by atoms with Crippen LogP contribution >= 0.6 is 0 Å². The molecule has 0 saturated carbocycles. The van der Waals surface area contributed by atoms with Crippen LogP contribution in [0.4, 0.5) is 36.4 Å². The average Bonchev–Trinajstić information content (AvgIpc) is 3.37. The molecule has 0 bridgehead atoms. The zero-order chi connectivity index (χ0) is 33.7. The molecular weight excluding hydrogens is 631 g/mol. The summed E-state index contributed by atoms with van der Waals surface area (Å²) in [6.07, 6.45) is -10.5. The normalized spacial score (nSPS) is 12.8. The van der Waals surface area contributed by atoms with E-state index in [0.29, 0.717) is 12.0 Å². The molecule has 2 heterocycles. The molecule has 1 atom stereocenters. The second kappa shape index (κ2) is 11.5. The first-order valence-corrected chi connectivity index (χ1v) is 13.2. The fourth-order valence-corrected chi connectivity index (χ4v) is 5.02. The van der Waals surface area contributed by atoms with Crippen molar-refractivity contribution in [3.63, 3.8) is 0 Å². The molecule has 0 aliphatic heterocycles. The first-order chi connectivity index (χ1) is 21.5. The molecule has 5 rings (SSSR count). The molecule has 2 amide bonds. The number of furan rings is 1. The minimum Gasteiger partial charge on any atom is -0.467 e. The van der Waals surface area contributed by atoms with E-state index in [1.807, 2.05) is 0 Å². The van der Waals surface area contributed by atoms with Crippen LogP contribution in [0.15, 0.2) is 63.8 Å². The maximum absolute atomic E-state index is 13.9. The van der Waals surface area contributed by atoms with Crippen LogP contribution in [-0.2, 0) is 14.3 Å². The number of nitrogens with zero attached hydrogens (tertiary/aromatic N) is 1. The van der Waals surface area contributed by atoms with Gasteiger partial charge >= 0.3 is 24.2 Å². The Bertz CT molecular complexity index is 2100. The van der Waals surface area contributed by atoms with Crippen molar-refractivity contribution in [1.82, 2.24) is 10.3 Å². The van der Waals surface area contributed by atoms with Crippen LogP contribution in [0.2, 0.25) is 0 Å². The van der Waals surface area contributed by atoms with Gasteiger partial charge in [-0.05, 0) is 48.9 Å². The number of hydrogen-bond donors (Lipinski definition) is 2. The van der Waals surface area contributed by atoms with Gasteiger partial charge in [0.2, 0.25) is 6.04 Å². The summed E-state index contributed by atoms with van der Waals surface area (Å²) in [7, 11) is 0.693. The van der Waals surface area contributed by atoms with E-state index in [1.165, 1.54) is 36.5 Å². The van der Waals surface area contributed by atoms with Gasteiger partial charge in [0.15, 0.2) is 0 Å². The fraction of sp³-hybridized carbons (Fsp3) is 0.200. The van der Waals surface area contributed by atoms with E-state index in [2.05, 4.69) is 9.72 Å². The Kier molecular flexibility index (Phi) is 8.00. The third-order valence-corrected chi connectivity index (χ3v) is 7.08. The molecule has 2 N–H and O–H groups in total. The second-order valence-electron chi connectivity index (χ2n) is 9.91. The van der Waals surface area contributed by atoms with Crippen LogP contribution in [0.25, 0.3) is 44.0 Å². The maximum atomic E-state index is 13.9. The number of ether oxygens (including phenoxy) is 1. The smallest absolute Gasteiger partial charge is 0.467 e. The van der Waals surface area contributed by atoms with Gasteiger partial charge in [-0.3, -0.25) is 14.4 Å². The highest BCUT2D eigenvalue weighted by Crippen LogP contribution is 2.41. The summed E-state index contributed by atoms with van der Waals surface area (Å²) >= 11 is 0. The molecule has 46 heavy (non-hydrogen) atoms. The number of alkyl halides is 6. The number of esters is 1. The van der Waals surface area contributed by atoms with E-state index in [-0.39, 0.29) is 49.7 Å². The Morgan fingerprint density at radius 1 is 1.00 bits per heavy atom. The number of anilines is 1. The van der Waals surface area contributed by atoms with Crippen molar-refractivity contribution >= 4 is 56.3 Å². The summed E-state index contributed by atoms with van der Waals surface area (Å²) in [6, 6.07) is 7.39. The van der Waals surface area contributed by atoms with Crippen molar-refractivity contribution in [3.05, 3.63) is 76.3 Å². The molecule has 0 saturated heterocycles. The number of carbonyl (C=O) groups excluding carboxylic acids is 3. The van der Waals surface area contributed by atoms with Crippen molar-refractivity contribution in [2.75, 3.05) is 18.6 Å². The average molecular weight is 651 g/mol. The molecule has 0 aliphatic rings. The largest absolute Gasteiger partial charge is 0.471 e.